The number of piperidine rings is 1. The summed E-state index contributed by atoms with van der Waals surface area (Å²) in [5.74, 6) is 0.120. The summed E-state index contributed by atoms with van der Waals surface area (Å²) in [6, 6.07) is 14.2. The maximum Gasteiger partial charge on any atom is 0.248 e. The second-order valence-corrected chi connectivity index (χ2v) is 11.0. The third-order valence-corrected chi connectivity index (χ3v) is 8.98. The summed E-state index contributed by atoms with van der Waals surface area (Å²) in [5.41, 5.74) is 10.9. The lowest BCUT2D eigenvalue weighted by atomic mass is 9.88. The molecule has 35 heavy (non-hydrogen) atoms. The molecule has 182 valence electrons. The number of carbonyl (C=O) groups excluding carboxylic acids is 1. The number of nitrogens with two attached hydrogens (primary N) is 1. The van der Waals surface area contributed by atoms with Gasteiger partial charge in [0, 0.05) is 30.2 Å². The van der Waals surface area contributed by atoms with Gasteiger partial charge in [-0.3, -0.25) is 4.79 Å². The van der Waals surface area contributed by atoms with Crippen LogP contribution in [0.3, 0.4) is 0 Å². The fourth-order valence-electron chi connectivity index (χ4n) is 5.17. The van der Waals surface area contributed by atoms with Gasteiger partial charge in [-0.2, -0.15) is 4.31 Å². The van der Waals surface area contributed by atoms with Crippen molar-refractivity contribution in [1.29, 1.82) is 0 Å². The molecule has 4 aromatic rings. The van der Waals surface area contributed by atoms with Crippen molar-refractivity contribution in [2.75, 3.05) is 13.1 Å². The van der Waals surface area contributed by atoms with Crippen molar-refractivity contribution in [1.82, 2.24) is 14.4 Å². The number of aryl methyl sites for hydroxylation is 2. The molecule has 2 aromatic heterocycles. The average molecular weight is 493 g/mol. The van der Waals surface area contributed by atoms with Crippen molar-refractivity contribution in [3.05, 3.63) is 71.2 Å². The van der Waals surface area contributed by atoms with Gasteiger partial charge < -0.3 is 15.2 Å². The van der Waals surface area contributed by atoms with Gasteiger partial charge in [-0.15, -0.1) is 0 Å². The van der Waals surface area contributed by atoms with Crippen molar-refractivity contribution in [2.45, 2.75) is 43.9 Å². The summed E-state index contributed by atoms with van der Waals surface area (Å²) in [6.45, 7) is 4.10. The third kappa shape index (κ3) is 4.26. The smallest absolute Gasteiger partial charge is 0.248 e. The number of amides is 1. The molecular weight excluding hydrogens is 464 g/mol. The molecule has 1 aliphatic rings. The van der Waals surface area contributed by atoms with Crippen LogP contribution in [-0.2, 0) is 21.2 Å². The van der Waals surface area contributed by atoms with Gasteiger partial charge in [-0.1, -0.05) is 35.5 Å². The first-order valence-electron chi connectivity index (χ1n) is 11.7. The summed E-state index contributed by atoms with van der Waals surface area (Å²) in [4.78, 5) is 15.3. The number of fused-ring (bicyclic) bond motifs is 1. The highest BCUT2D eigenvalue weighted by atomic mass is 32.2. The van der Waals surface area contributed by atoms with Crippen LogP contribution in [0.4, 0.5) is 0 Å². The second kappa shape index (κ2) is 8.98. The number of sulfonamides is 1. The Morgan fingerprint density at radius 1 is 1.14 bits per heavy atom. The zero-order chi connectivity index (χ0) is 24.7. The van der Waals surface area contributed by atoms with Gasteiger partial charge in [0.1, 0.15) is 10.6 Å². The van der Waals surface area contributed by atoms with E-state index in [9.17, 15) is 13.2 Å². The lowest BCUT2D eigenvalue weighted by Crippen LogP contribution is -2.38. The Balaban J connectivity index is 1.46. The number of H-pyrrole nitrogens is 1. The first kappa shape index (κ1) is 23.3. The van der Waals surface area contributed by atoms with Crippen LogP contribution in [0.5, 0.6) is 0 Å². The first-order chi connectivity index (χ1) is 16.8. The van der Waals surface area contributed by atoms with Crippen LogP contribution in [0, 0.1) is 13.8 Å². The molecular formula is C26H28N4O4S. The predicted molar refractivity (Wildman–Crippen MR) is 133 cm³/mol. The van der Waals surface area contributed by atoms with Gasteiger partial charge in [0.15, 0.2) is 5.76 Å². The molecule has 0 saturated carbocycles. The zero-order valence-electron chi connectivity index (χ0n) is 19.7. The molecule has 1 aliphatic heterocycles. The molecule has 3 heterocycles. The van der Waals surface area contributed by atoms with Crippen molar-refractivity contribution < 1.29 is 17.7 Å². The van der Waals surface area contributed by atoms with Crippen LogP contribution < -0.4 is 5.73 Å². The maximum atomic E-state index is 13.2. The van der Waals surface area contributed by atoms with Gasteiger partial charge in [-0.05, 0) is 67.0 Å². The molecule has 5 rings (SSSR count). The Bertz CT molecular complexity index is 1480. The minimum Gasteiger partial charge on any atom is -0.369 e. The molecule has 1 amide bonds. The van der Waals surface area contributed by atoms with Crippen LogP contribution in [0.2, 0.25) is 0 Å². The van der Waals surface area contributed by atoms with Crippen LogP contribution >= 0.6 is 0 Å². The molecule has 0 spiro atoms. The van der Waals surface area contributed by atoms with Gasteiger partial charge in [0.2, 0.25) is 15.9 Å². The van der Waals surface area contributed by atoms with E-state index in [1.807, 2.05) is 42.6 Å². The fourth-order valence-corrected chi connectivity index (χ4v) is 6.93. The summed E-state index contributed by atoms with van der Waals surface area (Å²) in [7, 11) is -3.66. The highest BCUT2D eigenvalue weighted by Crippen LogP contribution is 2.38. The Labute approximate surface area is 204 Å². The fraction of sp³-hybridized carbons (Fsp3) is 0.308. The molecule has 0 unspecified atom stereocenters. The molecule has 1 fully saturated rings. The maximum absolute atomic E-state index is 13.2. The van der Waals surface area contributed by atoms with Crippen molar-refractivity contribution in [2.24, 2.45) is 5.73 Å². The largest absolute Gasteiger partial charge is 0.369 e. The number of rotatable bonds is 6. The van der Waals surface area contributed by atoms with E-state index in [-0.39, 0.29) is 23.1 Å². The van der Waals surface area contributed by atoms with E-state index in [4.69, 9.17) is 10.3 Å². The van der Waals surface area contributed by atoms with Crippen molar-refractivity contribution >= 4 is 26.8 Å². The quantitative estimate of drug-likeness (QED) is 0.421. The van der Waals surface area contributed by atoms with Crippen molar-refractivity contribution in [3.8, 4) is 11.1 Å². The first-order valence-corrected chi connectivity index (χ1v) is 13.1. The molecule has 9 heteroatoms. The normalized spacial score (nSPS) is 15.6. The van der Waals surface area contributed by atoms with E-state index < -0.39 is 10.0 Å². The van der Waals surface area contributed by atoms with E-state index in [2.05, 4.69) is 16.2 Å². The number of nitrogens with one attached hydrogen (secondary N) is 1. The number of primary amides is 1. The highest BCUT2D eigenvalue weighted by molar-refractivity contribution is 7.89. The van der Waals surface area contributed by atoms with E-state index in [0.717, 1.165) is 33.2 Å². The van der Waals surface area contributed by atoms with Gasteiger partial charge in [0.25, 0.3) is 0 Å². The molecule has 2 aromatic carbocycles. The van der Waals surface area contributed by atoms with E-state index in [1.165, 1.54) is 4.31 Å². The van der Waals surface area contributed by atoms with Crippen LogP contribution in [0.15, 0.2) is 58.1 Å². The molecule has 0 bridgehead atoms. The van der Waals surface area contributed by atoms with Gasteiger partial charge >= 0.3 is 0 Å². The number of aromatic nitrogens is 2. The number of hydrogen-bond donors (Lipinski definition) is 2. The molecule has 0 atom stereocenters. The molecule has 1 saturated heterocycles. The summed E-state index contributed by atoms with van der Waals surface area (Å²) in [5, 5.41) is 4.86. The lowest BCUT2D eigenvalue weighted by Gasteiger charge is -2.31. The summed E-state index contributed by atoms with van der Waals surface area (Å²) >= 11 is 0. The molecule has 0 radical (unpaired) electrons. The summed E-state index contributed by atoms with van der Waals surface area (Å²) in [6.07, 6.45) is 3.52. The van der Waals surface area contributed by atoms with E-state index in [1.54, 1.807) is 13.8 Å². The van der Waals surface area contributed by atoms with E-state index in [0.29, 0.717) is 37.4 Å². The van der Waals surface area contributed by atoms with E-state index >= 15 is 0 Å². The van der Waals surface area contributed by atoms with Crippen LogP contribution in [0.1, 0.15) is 41.3 Å². The Hall–Kier alpha value is -3.43. The average Bonchev–Trinajstić information content (AvgIpc) is 3.42. The van der Waals surface area contributed by atoms with Gasteiger partial charge in [-0.25, -0.2) is 8.42 Å². The molecule has 0 aliphatic carbocycles. The Morgan fingerprint density at radius 2 is 1.86 bits per heavy atom. The Kier molecular flexibility index (Phi) is 5.98. The predicted octanol–water partition coefficient (Wildman–Crippen LogP) is 4.04. The zero-order valence-corrected chi connectivity index (χ0v) is 20.6. The minimum absolute atomic E-state index is 0.144. The Morgan fingerprint density at radius 3 is 2.49 bits per heavy atom. The third-order valence-electron chi connectivity index (χ3n) is 6.83. The van der Waals surface area contributed by atoms with Crippen molar-refractivity contribution in [3.63, 3.8) is 0 Å². The van der Waals surface area contributed by atoms with Gasteiger partial charge in [0.05, 0.1) is 6.42 Å². The number of benzene rings is 2. The summed E-state index contributed by atoms with van der Waals surface area (Å²) < 4.78 is 33.1. The topological polar surface area (TPSA) is 122 Å². The van der Waals surface area contributed by atoms with Crippen LogP contribution in [-0.4, -0.2) is 41.9 Å². The highest BCUT2D eigenvalue weighted by Gasteiger charge is 2.34. The number of aromatic amines is 1. The molecule has 3 N–H and O–H groups in total. The minimum atomic E-state index is -3.66. The van der Waals surface area contributed by atoms with Crippen LogP contribution in [0.25, 0.3) is 22.0 Å². The number of nitrogens with zero attached hydrogens (tertiary/aromatic N) is 2. The standard InChI is InChI=1S/C26H28N4O4S/c1-16-26(17(2)34-29-16)35(32,33)30-10-8-19(9-11-30)23-15-28-25-21(14-24(27)31)12-20(13-22(23)25)18-6-4-3-5-7-18/h3-7,12-13,15,19,28H,8-11,14H2,1-2H3,(H2,27,31). The monoisotopic (exact) mass is 492 g/mol. The lowest BCUT2D eigenvalue weighted by molar-refractivity contribution is -0.117. The SMILES string of the molecule is Cc1noc(C)c1S(=O)(=O)N1CCC(c2c[nH]c3c(CC(N)=O)cc(-c4ccccc4)cc23)CC1. The number of hydrogen-bond acceptors (Lipinski definition) is 5. The second-order valence-electron chi connectivity index (χ2n) is 9.14. The molecule has 8 nitrogen and oxygen atoms in total. The number of carbonyl (C=O) groups is 1.